The first-order valence-corrected chi connectivity index (χ1v) is 9.22. The van der Waals surface area contributed by atoms with Crippen LogP contribution in [-0.2, 0) is 0 Å². The number of fused-ring (bicyclic) bond motifs is 1. The number of carbonyl (C=O) groups excluding carboxylic acids is 2. The minimum Gasteiger partial charge on any atom is -0.472 e. The van der Waals surface area contributed by atoms with Crippen molar-refractivity contribution in [3.8, 4) is 0 Å². The van der Waals surface area contributed by atoms with Crippen LogP contribution in [-0.4, -0.2) is 35.8 Å². The minimum atomic E-state index is -0.251. The molecule has 0 spiro atoms. The predicted molar refractivity (Wildman–Crippen MR) is 101 cm³/mol. The Morgan fingerprint density at radius 1 is 1.22 bits per heavy atom. The van der Waals surface area contributed by atoms with Crippen LogP contribution in [0, 0.1) is 6.92 Å². The largest absolute Gasteiger partial charge is 0.472 e. The van der Waals surface area contributed by atoms with E-state index in [9.17, 15) is 9.59 Å². The molecule has 1 saturated heterocycles. The summed E-state index contributed by atoms with van der Waals surface area (Å²) in [7, 11) is 0. The van der Waals surface area contributed by atoms with Crippen molar-refractivity contribution in [2.24, 2.45) is 0 Å². The zero-order valence-electron chi connectivity index (χ0n) is 14.8. The molecule has 7 heteroatoms. The van der Waals surface area contributed by atoms with Gasteiger partial charge in [0.1, 0.15) is 6.26 Å². The fourth-order valence-electron chi connectivity index (χ4n) is 3.47. The zero-order valence-corrected chi connectivity index (χ0v) is 15.6. The smallest absolute Gasteiger partial charge is 0.287 e. The number of hydrogen-bond donors (Lipinski definition) is 1. The Hall–Kier alpha value is -2.73. The number of furan rings is 2. The van der Waals surface area contributed by atoms with Crippen LogP contribution in [0.3, 0.4) is 0 Å². The van der Waals surface area contributed by atoms with Crippen LogP contribution in [0.1, 0.15) is 39.3 Å². The Morgan fingerprint density at radius 3 is 2.67 bits per heavy atom. The van der Waals surface area contributed by atoms with Crippen molar-refractivity contribution in [1.82, 2.24) is 10.2 Å². The van der Waals surface area contributed by atoms with Crippen molar-refractivity contribution in [3.63, 3.8) is 0 Å². The molecule has 2 aromatic heterocycles. The fourth-order valence-corrected chi connectivity index (χ4v) is 3.69. The number of nitrogens with zero attached hydrogens (tertiary/aromatic N) is 1. The molecule has 3 heterocycles. The maximum Gasteiger partial charge on any atom is 0.287 e. The maximum atomic E-state index is 12.7. The summed E-state index contributed by atoms with van der Waals surface area (Å²) >= 11 is 6.16. The molecule has 27 heavy (non-hydrogen) atoms. The first-order valence-electron chi connectivity index (χ1n) is 8.84. The molecule has 3 aromatic rings. The topological polar surface area (TPSA) is 75.7 Å². The second kappa shape index (κ2) is 7.12. The number of nitrogens with one attached hydrogen (secondary N) is 1. The number of hydrogen-bond acceptors (Lipinski definition) is 4. The molecule has 6 nitrogen and oxygen atoms in total. The molecule has 0 radical (unpaired) electrons. The molecular formula is C20H19ClN2O4. The quantitative estimate of drug-likeness (QED) is 0.737. The van der Waals surface area contributed by atoms with E-state index in [1.165, 1.54) is 12.5 Å². The second-order valence-corrected chi connectivity index (χ2v) is 7.13. The molecule has 0 saturated carbocycles. The van der Waals surface area contributed by atoms with Crippen molar-refractivity contribution in [2.75, 3.05) is 13.1 Å². The zero-order chi connectivity index (χ0) is 19.0. The fraction of sp³-hybridized carbons (Fsp3) is 0.300. The van der Waals surface area contributed by atoms with E-state index in [1.807, 2.05) is 19.1 Å². The first kappa shape index (κ1) is 17.7. The third kappa shape index (κ3) is 3.32. The Labute approximate surface area is 161 Å². The number of likely N-dealkylation sites (tertiary alicyclic amines) is 1. The maximum absolute atomic E-state index is 12.7. The van der Waals surface area contributed by atoms with Gasteiger partial charge < -0.3 is 19.1 Å². The lowest BCUT2D eigenvalue weighted by molar-refractivity contribution is 0.0695. The molecule has 0 bridgehead atoms. The van der Waals surface area contributed by atoms with Gasteiger partial charge in [0.05, 0.1) is 16.8 Å². The Bertz CT molecular complexity index is 985. The molecule has 1 aliphatic heterocycles. The highest BCUT2D eigenvalue weighted by molar-refractivity contribution is 6.35. The second-order valence-electron chi connectivity index (χ2n) is 6.72. The molecule has 1 aliphatic rings. The van der Waals surface area contributed by atoms with Crippen LogP contribution in [0.4, 0.5) is 0 Å². The number of piperidine rings is 1. The van der Waals surface area contributed by atoms with Crippen molar-refractivity contribution >= 4 is 34.4 Å². The van der Waals surface area contributed by atoms with Crippen molar-refractivity contribution in [1.29, 1.82) is 0 Å². The van der Waals surface area contributed by atoms with Crippen LogP contribution in [0.25, 0.3) is 11.0 Å². The van der Waals surface area contributed by atoms with Gasteiger partial charge in [0.25, 0.3) is 11.8 Å². The normalized spacial score (nSPS) is 15.3. The van der Waals surface area contributed by atoms with E-state index >= 15 is 0 Å². The van der Waals surface area contributed by atoms with Gasteiger partial charge in [-0.05, 0) is 31.9 Å². The third-order valence-corrected chi connectivity index (χ3v) is 5.31. The number of halogens is 1. The molecule has 0 atom stereocenters. The van der Waals surface area contributed by atoms with Crippen LogP contribution in [0.5, 0.6) is 0 Å². The number of benzene rings is 1. The Kier molecular flexibility index (Phi) is 4.66. The SMILES string of the molecule is Cc1c(C(=O)NC2CCN(C(=O)c3ccoc3)CC2)oc2c(Cl)cccc12. The number of para-hydroxylation sites is 1. The lowest BCUT2D eigenvalue weighted by Crippen LogP contribution is -2.46. The number of rotatable bonds is 3. The van der Waals surface area contributed by atoms with E-state index in [-0.39, 0.29) is 23.6 Å². The summed E-state index contributed by atoms with van der Waals surface area (Å²) in [5.41, 5.74) is 1.85. The van der Waals surface area contributed by atoms with Gasteiger partial charge in [-0.3, -0.25) is 9.59 Å². The van der Waals surface area contributed by atoms with Crippen LogP contribution in [0.2, 0.25) is 5.02 Å². The van der Waals surface area contributed by atoms with Gasteiger partial charge in [0.2, 0.25) is 0 Å². The van der Waals surface area contributed by atoms with Crippen molar-refractivity contribution in [2.45, 2.75) is 25.8 Å². The van der Waals surface area contributed by atoms with Crippen LogP contribution < -0.4 is 5.32 Å². The molecule has 1 aromatic carbocycles. The van der Waals surface area contributed by atoms with Gasteiger partial charge >= 0.3 is 0 Å². The van der Waals surface area contributed by atoms with Crippen LogP contribution >= 0.6 is 11.6 Å². The predicted octanol–water partition coefficient (Wildman–Crippen LogP) is 4.02. The van der Waals surface area contributed by atoms with E-state index in [4.69, 9.17) is 20.4 Å². The highest BCUT2D eigenvalue weighted by atomic mass is 35.5. The van der Waals surface area contributed by atoms with E-state index < -0.39 is 0 Å². The standard InChI is InChI=1S/C20H19ClN2O4/c1-12-15-3-2-4-16(21)18(15)27-17(12)19(24)22-14-5-8-23(9-6-14)20(25)13-7-10-26-11-13/h2-4,7,10-11,14H,5-6,8-9H2,1H3,(H,22,24). The van der Waals surface area contributed by atoms with Crippen molar-refractivity contribution < 1.29 is 18.4 Å². The summed E-state index contributed by atoms with van der Waals surface area (Å²) in [6.07, 6.45) is 4.32. The summed E-state index contributed by atoms with van der Waals surface area (Å²) in [4.78, 5) is 26.8. The number of carbonyl (C=O) groups is 2. The minimum absolute atomic E-state index is 0.00557. The monoisotopic (exact) mass is 386 g/mol. The first-order chi connectivity index (χ1) is 13.0. The molecule has 1 N–H and O–H groups in total. The van der Waals surface area contributed by atoms with E-state index in [2.05, 4.69) is 5.32 Å². The molecule has 0 aliphatic carbocycles. The summed E-state index contributed by atoms with van der Waals surface area (Å²) in [6, 6.07) is 7.11. The van der Waals surface area contributed by atoms with Gasteiger partial charge in [-0.2, -0.15) is 0 Å². The van der Waals surface area contributed by atoms with Gasteiger partial charge in [0, 0.05) is 30.1 Å². The Morgan fingerprint density at radius 2 is 2.00 bits per heavy atom. The number of amides is 2. The van der Waals surface area contributed by atoms with Crippen LogP contribution in [0.15, 0.2) is 45.6 Å². The highest BCUT2D eigenvalue weighted by Crippen LogP contribution is 2.30. The molecule has 1 fully saturated rings. The van der Waals surface area contributed by atoms with E-state index in [1.54, 1.807) is 17.0 Å². The lowest BCUT2D eigenvalue weighted by Gasteiger charge is -2.32. The summed E-state index contributed by atoms with van der Waals surface area (Å²) in [5.74, 6) is -0.00863. The summed E-state index contributed by atoms with van der Waals surface area (Å²) < 4.78 is 10.7. The molecule has 140 valence electrons. The van der Waals surface area contributed by atoms with E-state index in [0.717, 1.165) is 10.9 Å². The average Bonchev–Trinajstić information content (AvgIpc) is 3.31. The molecular weight excluding hydrogens is 368 g/mol. The van der Waals surface area contributed by atoms with Gasteiger partial charge in [-0.1, -0.05) is 23.7 Å². The van der Waals surface area contributed by atoms with Gasteiger partial charge in [-0.25, -0.2) is 0 Å². The Balaban J connectivity index is 1.41. The lowest BCUT2D eigenvalue weighted by atomic mass is 10.0. The molecule has 4 rings (SSSR count). The summed E-state index contributed by atoms with van der Waals surface area (Å²) in [5, 5.41) is 4.35. The third-order valence-electron chi connectivity index (χ3n) is 5.01. The number of aryl methyl sites for hydroxylation is 1. The summed E-state index contributed by atoms with van der Waals surface area (Å²) in [6.45, 7) is 3.02. The highest BCUT2D eigenvalue weighted by Gasteiger charge is 2.27. The van der Waals surface area contributed by atoms with Gasteiger partial charge in [0.15, 0.2) is 11.3 Å². The average molecular weight is 387 g/mol. The van der Waals surface area contributed by atoms with Gasteiger partial charge in [-0.15, -0.1) is 0 Å². The van der Waals surface area contributed by atoms with E-state index in [0.29, 0.717) is 42.1 Å². The molecule has 0 unspecified atom stereocenters. The molecule has 2 amide bonds. The van der Waals surface area contributed by atoms with Crippen molar-refractivity contribution in [3.05, 3.63) is 58.7 Å².